The molecule has 0 unspecified atom stereocenters. The van der Waals surface area contributed by atoms with E-state index in [9.17, 15) is 4.79 Å². The zero-order valence-corrected chi connectivity index (χ0v) is 20.7. The smallest absolute Gasteiger partial charge is 0.341 e. The van der Waals surface area contributed by atoms with E-state index in [1.54, 1.807) is 11.8 Å². The number of ether oxygens (including phenoxy) is 1. The SMILES string of the molecule is O=C(O)COc1cccc2c1CCCC2=CCSc1nc(C(c2ccccc2)c2ccccc2)c[nH]1. The number of benzene rings is 3. The average Bonchev–Trinajstić information content (AvgIpc) is 3.37. The molecule has 36 heavy (non-hydrogen) atoms. The summed E-state index contributed by atoms with van der Waals surface area (Å²) in [5, 5.41) is 9.87. The highest BCUT2D eigenvalue weighted by atomic mass is 32.2. The van der Waals surface area contributed by atoms with Crippen LogP contribution in [-0.2, 0) is 11.2 Å². The molecule has 0 fully saturated rings. The highest BCUT2D eigenvalue weighted by Crippen LogP contribution is 2.37. The van der Waals surface area contributed by atoms with Gasteiger partial charge in [0.15, 0.2) is 11.8 Å². The summed E-state index contributed by atoms with van der Waals surface area (Å²) in [6.45, 7) is -0.320. The Labute approximate surface area is 215 Å². The summed E-state index contributed by atoms with van der Waals surface area (Å²) in [4.78, 5) is 19.3. The van der Waals surface area contributed by atoms with Crippen molar-refractivity contribution < 1.29 is 14.6 Å². The standard InChI is InChI=1S/C30H28N2O3S/c33-28(34)20-35-27-16-8-14-24-21(13-7-15-25(24)27)17-18-36-30-31-19-26(32-30)29(22-9-3-1-4-10-22)23-11-5-2-6-12-23/h1-6,8-12,14,16-17,19,29H,7,13,15,18,20H2,(H,31,32)(H,33,34). The number of imidazole rings is 1. The highest BCUT2D eigenvalue weighted by molar-refractivity contribution is 7.99. The van der Waals surface area contributed by atoms with Crippen LogP contribution >= 0.6 is 11.8 Å². The minimum atomic E-state index is -0.963. The van der Waals surface area contributed by atoms with E-state index in [0.717, 1.165) is 47.0 Å². The minimum absolute atomic E-state index is 0.0748. The monoisotopic (exact) mass is 496 g/mol. The van der Waals surface area contributed by atoms with Crippen molar-refractivity contribution in [1.29, 1.82) is 0 Å². The lowest BCUT2D eigenvalue weighted by Gasteiger charge is -2.21. The van der Waals surface area contributed by atoms with Crippen molar-refractivity contribution in [3.8, 4) is 5.75 Å². The molecular formula is C30H28N2O3S. The van der Waals surface area contributed by atoms with Crippen LogP contribution in [-0.4, -0.2) is 33.4 Å². The summed E-state index contributed by atoms with van der Waals surface area (Å²) in [6, 6.07) is 26.9. The Morgan fingerprint density at radius 1 is 1.00 bits per heavy atom. The predicted molar refractivity (Wildman–Crippen MR) is 144 cm³/mol. The Morgan fingerprint density at radius 3 is 2.42 bits per heavy atom. The van der Waals surface area contributed by atoms with Gasteiger partial charge in [0.2, 0.25) is 0 Å². The van der Waals surface area contributed by atoms with Crippen LogP contribution in [0.4, 0.5) is 0 Å². The number of carbonyl (C=O) groups is 1. The summed E-state index contributed by atoms with van der Waals surface area (Å²) >= 11 is 1.68. The van der Waals surface area contributed by atoms with Crippen molar-refractivity contribution in [3.05, 3.63) is 119 Å². The molecule has 182 valence electrons. The second-order valence-electron chi connectivity index (χ2n) is 8.74. The summed E-state index contributed by atoms with van der Waals surface area (Å²) in [5.41, 5.74) is 6.99. The first-order chi connectivity index (χ1) is 17.7. The number of hydrogen-bond donors (Lipinski definition) is 2. The normalized spacial score (nSPS) is 14.1. The molecule has 0 amide bonds. The van der Waals surface area contributed by atoms with Crippen LogP contribution in [0.3, 0.4) is 0 Å². The number of fused-ring (bicyclic) bond motifs is 1. The first kappa shape index (κ1) is 23.9. The number of nitrogens with zero attached hydrogens (tertiary/aromatic N) is 1. The van der Waals surface area contributed by atoms with Gasteiger partial charge in [-0.05, 0) is 47.6 Å². The Kier molecular flexibility index (Phi) is 7.52. The molecule has 4 aromatic rings. The van der Waals surface area contributed by atoms with Crippen LogP contribution in [0.1, 0.15) is 46.7 Å². The highest BCUT2D eigenvalue weighted by Gasteiger charge is 2.20. The third-order valence-electron chi connectivity index (χ3n) is 6.39. The van der Waals surface area contributed by atoms with E-state index >= 15 is 0 Å². The molecule has 0 saturated heterocycles. The summed E-state index contributed by atoms with van der Waals surface area (Å²) in [6.07, 6.45) is 7.21. The summed E-state index contributed by atoms with van der Waals surface area (Å²) in [5.74, 6) is 0.584. The van der Waals surface area contributed by atoms with E-state index in [2.05, 4.69) is 65.7 Å². The Hall–Kier alpha value is -3.77. The number of nitrogens with one attached hydrogen (secondary N) is 1. The zero-order valence-electron chi connectivity index (χ0n) is 19.9. The molecule has 0 spiro atoms. The van der Waals surface area contributed by atoms with Gasteiger partial charge < -0.3 is 14.8 Å². The van der Waals surface area contributed by atoms with Crippen molar-refractivity contribution in [2.24, 2.45) is 0 Å². The van der Waals surface area contributed by atoms with Gasteiger partial charge in [0.1, 0.15) is 5.75 Å². The number of carboxylic acids is 1. The molecule has 6 heteroatoms. The van der Waals surface area contributed by atoms with E-state index in [-0.39, 0.29) is 12.5 Å². The number of allylic oxidation sites excluding steroid dienone is 1. The number of H-pyrrole nitrogens is 1. The van der Waals surface area contributed by atoms with Crippen molar-refractivity contribution in [2.75, 3.05) is 12.4 Å². The number of aromatic amines is 1. The zero-order chi connectivity index (χ0) is 24.7. The van der Waals surface area contributed by atoms with Crippen LogP contribution < -0.4 is 4.74 Å². The molecule has 1 aliphatic rings. The van der Waals surface area contributed by atoms with Gasteiger partial charge in [0, 0.05) is 17.5 Å². The molecule has 1 aliphatic carbocycles. The maximum Gasteiger partial charge on any atom is 0.341 e. The van der Waals surface area contributed by atoms with Crippen molar-refractivity contribution >= 4 is 23.3 Å². The molecule has 0 atom stereocenters. The number of aliphatic carboxylic acids is 1. The van der Waals surface area contributed by atoms with Crippen LogP contribution in [0.2, 0.25) is 0 Å². The third kappa shape index (κ3) is 5.55. The third-order valence-corrected chi connectivity index (χ3v) is 7.20. The Bertz CT molecular complexity index is 1310. The fourth-order valence-corrected chi connectivity index (χ4v) is 5.54. The topological polar surface area (TPSA) is 75.2 Å². The predicted octanol–water partition coefficient (Wildman–Crippen LogP) is 6.57. The van der Waals surface area contributed by atoms with Crippen LogP contribution in [0, 0.1) is 0 Å². The fraction of sp³-hybridized carbons (Fsp3) is 0.200. The summed E-state index contributed by atoms with van der Waals surface area (Å²) < 4.78 is 5.54. The molecule has 0 bridgehead atoms. The second-order valence-corrected chi connectivity index (χ2v) is 9.75. The van der Waals surface area contributed by atoms with Gasteiger partial charge in [-0.3, -0.25) is 0 Å². The lowest BCUT2D eigenvalue weighted by Crippen LogP contribution is -2.12. The maximum absolute atomic E-state index is 10.9. The molecule has 5 nitrogen and oxygen atoms in total. The molecule has 5 rings (SSSR count). The fourth-order valence-electron chi connectivity index (χ4n) is 4.79. The van der Waals surface area contributed by atoms with Crippen LogP contribution in [0.25, 0.3) is 5.57 Å². The average molecular weight is 497 g/mol. The molecular weight excluding hydrogens is 468 g/mol. The van der Waals surface area contributed by atoms with Gasteiger partial charge in [-0.2, -0.15) is 0 Å². The van der Waals surface area contributed by atoms with Gasteiger partial charge in [0.25, 0.3) is 0 Å². The number of aromatic nitrogens is 2. The quantitative estimate of drug-likeness (QED) is 0.257. The Morgan fingerprint density at radius 2 is 1.72 bits per heavy atom. The van der Waals surface area contributed by atoms with Crippen LogP contribution in [0.5, 0.6) is 5.75 Å². The molecule has 0 saturated carbocycles. The second kappa shape index (κ2) is 11.3. The number of thioether (sulfide) groups is 1. The molecule has 3 aromatic carbocycles. The van der Waals surface area contributed by atoms with Crippen molar-refractivity contribution in [1.82, 2.24) is 9.97 Å². The largest absolute Gasteiger partial charge is 0.482 e. The van der Waals surface area contributed by atoms with E-state index in [0.29, 0.717) is 5.75 Å². The first-order valence-electron chi connectivity index (χ1n) is 12.1. The Balaban J connectivity index is 1.32. The molecule has 0 radical (unpaired) electrons. The maximum atomic E-state index is 10.9. The van der Waals surface area contributed by atoms with E-state index < -0.39 is 5.97 Å². The van der Waals surface area contributed by atoms with Gasteiger partial charge in [-0.15, -0.1) is 0 Å². The summed E-state index contributed by atoms with van der Waals surface area (Å²) in [7, 11) is 0. The number of hydrogen-bond acceptors (Lipinski definition) is 4. The number of carboxylic acid groups (broad SMARTS) is 1. The van der Waals surface area contributed by atoms with Crippen molar-refractivity contribution in [2.45, 2.75) is 30.3 Å². The molecule has 1 aromatic heterocycles. The van der Waals surface area contributed by atoms with Crippen molar-refractivity contribution in [3.63, 3.8) is 0 Å². The van der Waals surface area contributed by atoms with E-state index in [4.69, 9.17) is 14.8 Å². The molecule has 0 aliphatic heterocycles. The lowest BCUT2D eigenvalue weighted by atomic mass is 9.87. The molecule has 1 heterocycles. The van der Waals surface area contributed by atoms with Gasteiger partial charge in [-0.25, -0.2) is 9.78 Å². The van der Waals surface area contributed by atoms with Gasteiger partial charge >= 0.3 is 5.97 Å². The van der Waals surface area contributed by atoms with E-state index in [1.807, 2.05) is 30.5 Å². The van der Waals surface area contributed by atoms with Crippen LogP contribution in [0.15, 0.2) is 96.3 Å². The lowest BCUT2D eigenvalue weighted by molar-refractivity contribution is -0.139. The number of rotatable bonds is 9. The van der Waals surface area contributed by atoms with Gasteiger partial charge in [-0.1, -0.05) is 90.6 Å². The minimum Gasteiger partial charge on any atom is -0.482 e. The molecule has 2 N–H and O–H groups in total. The van der Waals surface area contributed by atoms with E-state index in [1.165, 1.54) is 16.7 Å². The first-order valence-corrected chi connectivity index (χ1v) is 13.1. The van der Waals surface area contributed by atoms with Gasteiger partial charge in [0.05, 0.1) is 11.6 Å².